The summed E-state index contributed by atoms with van der Waals surface area (Å²) in [5.41, 5.74) is 17.5. The van der Waals surface area contributed by atoms with E-state index in [2.05, 4.69) is 217 Å². The van der Waals surface area contributed by atoms with Crippen molar-refractivity contribution in [2.45, 2.75) is 19.3 Å². The van der Waals surface area contributed by atoms with Crippen LogP contribution in [0.5, 0.6) is 0 Å². The predicted octanol–water partition coefficient (Wildman–Crippen LogP) is 14.7. The zero-order valence-electron chi connectivity index (χ0n) is 31.9. The summed E-state index contributed by atoms with van der Waals surface area (Å²) in [6, 6.07) is 71.9. The molecule has 12 rings (SSSR count). The van der Waals surface area contributed by atoms with Gasteiger partial charge in [0.05, 0.1) is 22.1 Å². The van der Waals surface area contributed by atoms with Crippen LogP contribution in [0, 0.1) is 0 Å². The van der Waals surface area contributed by atoms with Crippen molar-refractivity contribution < 1.29 is 0 Å². The van der Waals surface area contributed by atoms with E-state index in [-0.39, 0.29) is 5.41 Å². The molecule has 2 heteroatoms. The van der Waals surface area contributed by atoms with Gasteiger partial charge in [-0.25, -0.2) is 0 Å². The van der Waals surface area contributed by atoms with Crippen LogP contribution in [-0.2, 0) is 5.41 Å². The first-order chi connectivity index (χ1) is 28.0. The SMILES string of the molecule is CC1(C)c2ccccc2-c2ccc(-n3c4ccccc4c4ccc(-c5ccc6c(c5)c5ccccc5n6-c5ccc(-c6cccc7ccccc67)cc5)cc43)cc21. The molecule has 2 aromatic heterocycles. The van der Waals surface area contributed by atoms with Crippen molar-refractivity contribution >= 4 is 54.4 Å². The number of hydrogen-bond donors (Lipinski definition) is 0. The molecule has 11 aromatic rings. The Morgan fingerprint density at radius 2 is 0.860 bits per heavy atom. The topological polar surface area (TPSA) is 9.86 Å². The largest absolute Gasteiger partial charge is 0.309 e. The molecule has 0 radical (unpaired) electrons. The molecule has 1 aliphatic rings. The number of hydrogen-bond acceptors (Lipinski definition) is 0. The van der Waals surface area contributed by atoms with E-state index in [4.69, 9.17) is 0 Å². The zero-order valence-corrected chi connectivity index (χ0v) is 31.9. The highest BCUT2D eigenvalue weighted by Crippen LogP contribution is 2.49. The van der Waals surface area contributed by atoms with Gasteiger partial charge in [0.2, 0.25) is 0 Å². The van der Waals surface area contributed by atoms with Gasteiger partial charge in [-0.1, -0.05) is 153 Å². The third-order valence-electron chi connectivity index (χ3n) is 12.7. The Balaban J connectivity index is 0.992. The molecule has 1 aliphatic carbocycles. The number of aromatic nitrogens is 2. The molecule has 0 N–H and O–H groups in total. The quantitative estimate of drug-likeness (QED) is 0.171. The minimum Gasteiger partial charge on any atom is -0.309 e. The lowest BCUT2D eigenvalue weighted by atomic mass is 9.82. The first kappa shape index (κ1) is 32.1. The summed E-state index contributed by atoms with van der Waals surface area (Å²) >= 11 is 0. The van der Waals surface area contributed by atoms with Crippen LogP contribution in [0.25, 0.3) is 99.1 Å². The van der Waals surface area contributed by atoms with E-state index in [0.29, 0.717) is 0 Å². The van der Waals surface area contributed by atoms with E-state index < -0.39 is 0 Å². The Labute approximate surface area is 331 Å². The number of nitrogens with zero attached hydrogens (tertiary/aromatic N) is 2. The van der Waals surface area contributed by atoms with Crippen molar-refractivity contribution in [1.82, 2.24) is 9.13 Å². The third kappa shape index (κ3) is 4.65. The molecule has 2 nitrogen and oxygen atoms in total. The van der Waals surface area contributed by atoms with Crippen LogP contribution in [0.2, 0.25) is 0 Å². The molecular weight excluding hydrogens is 689 g/mol. The van der Waals surface area contributed by atoms with Crippen molar-refractivity contribution in [2.75, 3.05) is 0 Å². The molecule has 0 fully saturated rings. The van der Waals surface area contributed by atoms with Gasteiger partial charge in [-0.05, 0) is 110 Å². The minimum atomic E-state index is -0.0702. The summed E-state index contributed by atoms with van der Waals surface area (Å²) in [7, 11) is 0. The average Bonchev–Trinajstić information content (AvgIpc) is 3.86. The fourth-order valence-corrected chi connectivity index (χ4v) is 9.96. The Morgan fingerprint density at radius 3 is 1.68 bits per heavy atom. The molecule has 9 aromatic carbocycles. The summed E-state index contributed by atoms with van der Waals surface area (Å²) in [5, 5.41) is 7.58. The summed E-state index contributed by atoms with van der Waals surface area (Å²) in [6.45, 7) is 4.72. The average molecular weight is 727 g/mol. The van der Waals surface area contributed by atoms with Gasteiger partial charge in [0.25, 0.3) is 0 Å². The van der Waals surface area contributed by atoms with E-state index in [1.54, 1.807) is 0 Å². The lowest BCUT2D eigenvalue weighted by Crippen LogP contribution is -2.15. The summed E-state index contributed by atoms with van der Waals surface area (Å²) in [5.74, 6) is 0. The maximum Gasteiger partial charge on any atom is 0.0547 e. The Morgan fingerprint density at radius 1 is 0.316 bits per heavy atom. The van der Waals surface area contributed by atoms with E-state index in [9.17, 15) is 0 Å². The lowest BCUT2D eigenvalue weighted by molar-refractivity contribution is 0.660. The van der Waals surface area contributed by atoms with Crippen molar-refractivity contribution in [1.29, 1.82) is 0 Å². The molecular formula is C55H38N2. The van der Waals surface area contributed by atoms with E-state index in [0.717, 1.165) is 5.69 Å². The van der Waals surface area contributed by atoms with Crippen molar-refractivity contribution in [3.63, 3.8) is 0 Å². The van der Waals surface area contributed by atoms with Crippen LogP contribution in [0.4, 0.5) is 0 Å². The second-order valence-electron chi connectivity index (χ2n) is 16.1. The highest BCUT2D eigenvalue weighted by atomic mass is 15.0. The molecule has 0 saturated carbocycles. The van der Waals surface area contributed by atoms with Gasteiger partial charge in [0.15, 0.2) is 0 Å². The van der Waals surface area contributed by atoms with E-state index >= 15 is 0 Å². The van der Waals surface area contributed by atoms with Crippen LogP contribution in [0.1, 0.15) is 25.0 Å². The molecule has 0 atom stereocenters. The smallest absolute Gasteiger partial charge is 0.0547 e. The van der Waals surface area contributed by atoms with Gasteiger partial charge in [0.1, 0.15) is 0 Å². The van der Waals surface area contributed by atoms with E-state index in [1.807, 2.05) is 0 Å². The number of para-hydroxylation sites is 2. The molecule has 0 unspecified atom stereocenters. The highest BCUT2D eigenvalue weighted by molar-refractivity contribution is 6.12. The van der Waals surface area contributed by atoms with Crippen LogP contribution in [0.3, 0.4) is 0 Å². The Kier molecular flexibility index (Phi) is 6.72. The number of rotatable bonds is 4. The van der Waals surface area contributed by atoms with Gasteiger partial charge in [-0.2, -0.15) is 0 Å². The second kappa shape index (κ2) is 11.9. The van der Waals surface area contributed by atoms with E-state index in [1.165, 1.54) is 105 Å². The predicted molar refractivity (Wildman–Crippen MR) is 241 cm³/mol. The molecule has 268 valence electrons. The monoisotopic (exact) mass is 726 g/mol. The van der Waals surface area contributed by atoms with Crippen molar-refractivity contribution in [3.05, 3.63) is 205 Å². The first-order valence-electron chi connectivity index (χ1n) is 19.9. The molecule has 57 heavy (non-hydrogen) atoms. The fraction of sp³-hybridized carbons (Fsp3) is 0.0545. The van der Waals surface area contributed by atoms with Gasteiger partial charge >= 0.3 is 0 Å². The van der Waals surface area contributed by atoms with Crippen molar-refractivity contribution in [2.24, 2.45) is 0 Å². The maximum absolute atomic E-state index is 2.47. The Hall–Kier alpha value is -7.16. The molecule has 0 saturated heterocycles. The van der Waals surface area contributed by atoms with Crippen LogP contribution in [0.15, 0.2) is 194 Å². The normalized spacial score (nSPS) is 13.2. The maximum atomic E-state index is 2.47. The molecule has 0 aliphatic heterocycles. The zero-order chi connectivity index (χ0) is 37.8. The van der Waals surface area contributed by atoms with Gasteiger partial charge in [-0.15, -0.1) is 0 Å². The first-order valence-corrected chi connectivity index (χ1v) is 19.9. The molecule has 0 spiro atoms. The fourth-order valence-electron chi connectivity index (χ4n) is 9.96. The standard InChI is InChI=1S/C55H38N2/c1-55(2)49-19-8-5-15-43(49)44-30-28-40(34-50(44)55)57-51-20-9-6-16-45(51)47-29-24-38(33-54(47)57)37-25-31-53-48(32-37)46-17-7-10-21-52(46)56(53)39-26-22-36(23-27-39)42-18-11-13-35-12-3-4-14-41(35)42/h3-34H,1-2H3. The molecule has 0 amide bonds. The number of benzene rings is 9. The van der Waals surface area contributed by atoms with Gasteiger partial charge in [-0.3, -0.25) is 0 Å². The third-order valence-corrected chi connectivity index (χ3v) is 12.7. The molecule has 0 bridgehead atoms. The van der Waals surface area contributed by atoms with Crippen LogP contribution in [-0.4, -0.2) is 9.13 Å². The molecule has 2 heterocycles. The van der Waals surface area contributed by atoms with Gasteiger partial charge < -0.3 is 9.13 Å². The second-order valence-corrected chi connectivity index (χ2v) is 16.1. The summed E-state index contributed by atoms with van der Waals surface area (Å²) < 4.78 is 4.88. The van der Waals surface area contributed by atoms with Crippen LogP contribution < -0.4 is 0 Å². The minimum absolute atomic E-state index is 0.0702. The lowest BCUT2D eigenvalue weighted by Gasteiger charge is -2.22. The van der Waals surface area contributed by atoms with Gasteiger partial charge in [0, 0.05) is 38.3 Å². The summed E-state index contributed by atoms with van der Waals surface area (Å²) in [4.78, 5) is 0. The Bertz CT molecular complexity index is 3420. The summed E-state index contributed by atoms with van der Waals surface area (Å²) in [6.07, 6.45) is 0. The highest BCUT2D eigenvalue weighted by Gasteiger charge is 2.35. The number of fused-ring (bicyclic) bond motifs is 10. The van der Waals surface area contributed by atoms with Crippen molar-refractivity contribution in [3.8, 4) is 44.8 Å². The van der Waals surface area contributed by atoms with Crippen LogP contribution >= 0.6 is 0 Å².